The maximum absolute atomic E-state index is 6.00. The maximum Gasteiger partial charge on any atom is 0.142 e. The molecule has 0 heterocycles. The first kappa shape index (κ1) is 12.5. The van der Waals surface area contributed by atoms with Crippen LogP contribution in [0.2, 0.25) is 5.02 Å². The summed E-state index contributed by atoms with van der Waals surface area (Å²) in [6.45, 7) is 0. The van der Waals surface area contributed by atoms with Gasteiger partial charge in [-0.3, -0.25) is 0 Å². The molecule has 4 nitrogen and oxygen atoms in total. The minimum atomic E-state index is 0.722. The van der Waals surface area contributed by atoms with Crippen molar-refractivity contribution in [3.05, 3.63) is 23.2 Å². The number of methoxy groups -OCH3 is 1. The second-order valence-corrected chi connectivity index (χ2v) is 3.15. The van der Waals surface area contributed by atoms with E-state index in [1.54, 1.807) is 7.11 Å². The van der Waals surface area contributed by atoms with Crippen LogP contribution in [0.15, 0.2) is 18.2 Å². The molecule has 0 atom stereocenters. The van der Waals surface area contributed by atoms with Crippen LogP contribution in [0.4, 0.5) is 5.69 Å². The molecule has 14 heavy (non-hydrogen) atoms. The standard InChI is InChI=1S/C9H12ClNO.N2/c1-11(2)8-6-7(10)4-5-9(8)12-3;1-2/h4-6H,1-3H3;. The van der Waals surface area contributed by atoms with Gasteiger partial charge in [-0.1, -0.05) is 11.6 Å². The SMILES string of the molecule is COc1ccc(Cl)cc1N(C)C.N#N. The van der Waals surface area contributed by atoms with Gasteiger partial charge in [0.1, 0.15) is 5.75 Å². The number of hydrogen-bond donors (Lipinski definition) is 0. The van der Waals surface area contributed by atoms with Crippen LogP contribution in [0.1, 0.15) is 0 Å². The molecule has 1 aromatic rings. The predicted molar refractivity (Wildman–Crippen MR) is 55.8 cm³/mol. The van der Waals surface area contributed by atoms with Gasteiger partial charge in [0.05, 0.1) is 12.8 Å². The second kappa shape index (κ2) is 6.06. The number of halogens is 1. The van der Waals surface area contributed by atoms with Gasteiger partial charge in [-0.05, 0) is 18.2 Å². The molecule has 76 valence electrons. The quantitative estimate of drug-likeness (QED) is 0.708. The summed E-state index contributed by atoms with van der Waals surface area (Å²) in [5.41, 5.74) is 0.991. The van der Waals surface area contributed by atoms with Crippen molar-refractivity contribution in [2.24, 2.45) is 0 Å². The minimum absolute atomic E-state index is 0.722. The summed E-state index contributed by atoms with van der Waals surface area (Å²) >= 11 is 5.84. The highest BCUT2D eigenvalue weighted by Gasteiger charge is 2.04. The highest BCUT2D eigenvalue weighted by Crippen LogP contribution is 2.29. The summed E-state index contributed by atoms with van der Waals surface area (Å²) < 4.78 is 5.16. The smallest absolute Gasteiger partial charge is 0.142 e. The second-order valence-electron chi connectivity index (χ2n) is 2.71. The van der Waals surface area contributed by atoms with Crippen molar-refractivity contribution >= 4 is 17.3 Å². The van der Waals surface area contributed by atoms with Crippen LogP contribution in [-0.2, 0) is 0 Å². The first-order valence-electron chi connectivity index (χ1n) is 3.86. The Bertz CT molecular complexity index is 312. The highest BCUT2D eigenvalue weighted by molar-refractivity contribution is 6.30. The Labute approximate surface area is 88.5 Å². The van der Waals surface area contributed by atoms with E-state index in [0.717, 1.165) is 16.5 Å². The van der Waals surface area contributed by atoms with Gasteiger partial charge in [-0.25, -0.2) is 0 Å². The van der Waals surface area contributed by atoms with Crippen LogP contribution in [0.25, 0.3) is 0 Å². The van der Waals surface area contributed by atoms with E-state index in [1.807, 2.05) is 37.2 Å². The summed E-state index contributed by atoms with van der Waals surface area (Å²) in [4.78, 5) is 1.96. The van der Waals surface area contributed by atoms with Crippen molar-refractivity contribution in [3.63, 3.8) is 0 Å². The molecule has 0 N–H and O–H groups in total. The predicted octanol–water partition coefficient (Wildman–Crippen LogP) is 2.44. The monoisotopic (exact) mass is 213 g/mol. The molecule has 0 saturated carbocycles. The summed E-state index contributed by atoms with van der Waals surface area (Å²) in [5, 5.41) is 12.7. The Morgan fingerprint density at radius 2 is 1.86 bits per heavy atom. The zero-order valence-corrected chi connectivity index (χ0v) is 9.12. The lowest BCUT2D eigenvalue weighted by Gasteiger charge is -2.16. The van der Waals surface area contributed by atoms with E-state index in [9.17, 15) is 0 Å². The van der Waals surface area contributed by atoms with Crippen LogP contribution >= 0.6 is 11.6 Å². The number of hydrogen-bond acceptors (Lipinski definition) is 4. The summed E-state index contributed by atoms with van der Waals surface area (Å²) in [7, 11) is 5.55. The molecule has 5 heteroatoms. The van der Waals surface area contributed by atoms with E-state index in [1.165, 1.54) is 0 Å². The first-order chi connectivity index (χ1) is 6.65. The maximum atomic E-state index is 6.00. The molecule has 0 bridgehead atoms. The van der Waals surface area contributed by atoms with E-state index in [4.69, 9.17) is 27.1 Å². The summed E-state index contributed by atoms with van der Waals surface area (Å²) in [6, 6.07) is 5.55. The number of benzene rings is 1. The molecular formula is C9H12ClN3O. The summed E-state index contributed by atoms with van der Waals surface area (Å²) in [6.07, 6.45) is 0. The van der Waals surface area contributed by atoms with Crippen molar-refractivity contribution in [3.8, 4) is 5.75 Å². The molecule has 1 rings (SSSR count). The topological polar surface area (TPSA) is 60.0 Å². The number of nitrogens with zero attached hydrogens (tertiary/aromatic N) is 3. The Balaban J connectivity index is 0.000000791. The van der Waals surface area contributed by atoms with Crippen molar-refractivity contribution < 1.29 is 4.74 Å². The largest absolute Gasteiger partial charge is 0.495 e. The van der Waals surface area contributed by atoms with Crippen molar-refractivity contribution in [2.75, 3.05) is 26.1 Å². The molecule has 0 aromatic heterocycles. The molecule has 0 radical (unpaired) electrons. The zero-order chi connectivity index (χ0) is 11.1. The van der Waals surface area contributed by atoms with Crippen LogP contribution in [0.5, 0.6) is 5.75 Å². The lowest BCUT2D eigenvalue weighted by atomic mass is 10.3. The van der Waals surface area contributed by atoms with Crippen molar-refractivity contribution in [1.82, 2.24) is 0 Å². The van der Waals surface area contributed by atoms with Crippen LogP contribution in [-0.4, -0.2) is 21.2 Å². The third-order valence-electron chi connectivity index (χ3n) is 1.62. The van der Waals surface area contributed by atoms with E-state index in [0.29, 0.717) is 0 Å². The number of rotatable bonds is 2. The van der Waals surface area contributed by atoms with Gasteiger partial charge >= 0.3 is 0 Å². The van der Waals surface area contributed by atoms with Gasteiger partial charge in [-0.15, -0.1) is 0 Å². The molecular weight excluding hydrogens is 202 g/mol. The number of ether oxygens (including phenoxy) is 1. The average molecular weight is 214 g/mol. The molecule has 0 spiro atoms. The van der Waals surface area contributed by atoms with Gasteiger partial charge < -0.3 is 9.64 Å². The van der Waals surface area contributed by atoms with Gasteiger partial charge in [0.25, 0.3) is 0 Å². The molecule has 0 unspecified atom stereocenters. The van der Waals surface area contributed by atoms with Crippen LogP contribution < -0.4 is 9.64 Å². The van der Waals surface area contributed by atoms with Gasteiger partial charge in [0.2, 0.25) is 0 Å². The fourth-order valence-electron chi connectivity index (χ4n) is 1.01. The van der Waals surface area contributed by atoms with Gasteiger partial charge in [0, 0.05) is 29.9 Å². The molecule has 0 amide bonds. The Morgan fingerprint density at radius 1 is 1.29 bits per heavy atom. The van der Waals surface area contributed by atoms with Crippen LogP contribution in [0.3, 0.4) is 0 Å². The fourth-order valence-corrected chi connectivity index (χ4v) is 1.18. The fraction of sp³-hybridized carbons (Fsp3) is 0.333. The molecule has 0 aliphatic heterocycles. The molecule has 0 fully saturated rings. The van der Waals surface area contributed by atoms with E-state index >= 15 is 0 Å². The third-order valence-corrected chi connectivity index (χ3v) is 1.86. The van der Waals surface area contributed by atoms with E-state index in [2.05, 4.69) is 0 Å². The van der Waals surface area contributed by atoms with Gasteiger partial charge in [-0.2, -0.15) is 0 Å². The lowest BCUT2D eigenvalue weighted by molar-refractivity contribution is 0.415. The Kier molecular flexibility index (Phi) is 5.42. The third kappa shape index (κ3) is 3.11. The van der Waals surface area contributed by atoms with Gasteiger partial charge in [0.15, 0.2) is 0 Å². The highest BCUT2D eigenvalue weighted by atomic mass is 35.5. The number of anilines is 1. The van der Waals surface area contributed by atoms with Crippen LogP contribution in [0, 0.1) is 10.8 Å². The van der Waals surface area contributed by atoms with E-state index in [-0.39, 0.29) is 0 Å². The molecule has 0 saturated heterocycles. The average Bonchev–Trinajstić information content (AvgIpc) is 2.20. The Morgan fingerprint density at radius 3 is 2.29 bits per heavy atom. The zero-order valence-electron chi connectivity index (χ0n) is 8.36. The molecule has 0 aliphatic carbocycles. The van der Waals surface area contributed by atoms with Crippen molar-refractivity contribution in [2.45, 2.75) is 0 Å². The van der Waals surface area contributed by atoms with Crippen molar-refractivity contribution in [1.29, 1.82) is 10.8 Å². The Hall–Kier alpha value is -1.47. The molecule has 0 aliphatic rings. The van der Waals surface area contributed by atoms with E-state index < -0.39 is 0 Å². The lowest BCUT2D eigenvalue weighted by Crippen LogP contribution is -2.09. The normalized spacial score (nSPS) is 8.43. The summed E-state index contributed by atoms with van der Waals surface area (Å²) in [5.74, 6) is 0.837. The molecule has 1 aromatic carbocycles. The minimum Gasteiger partial charge on any atom is -0.495 e. The first-order valence-corrected chi connectivity index (χ1v) is 4.24.